The SMILES string of the molecule is CC(C)NCc1nnc(N(C)Cc2cnn(C)c2)o1. The third-order valence-electron chi connectivity index (χ3n) is 2.62. The van der Waals surface area contributed by atoms with Gasteiger partial charge in [0.25, 0.3) is 0 Å². The van der Waals surface area contributed by atoms with Crippen LogP contribution in [0, 0.1) is 0 Å². The summed E-state index contributed by atoms with van der Waals surface area (Å²) in [5, 5.41) is 15.4. The molecule has 7 heteroatoms. The summed E-state index contributed by atoms with van der Waals surface area (Å²) in [6.45, 7) is 5.43. The number of hydrogen-bond acceptors (Lipinski definition) is 6. The summed E-state index contributed by atoms with van der Waals surface area (Å²) in [5.74, 6) is 0.599. The Morgan fingerprint density at radius 3 is 2.84 bits per heavy atom. The third kappa shape index (κ3) is 3.78. The van der Waals surface area contributed by atoms with E-state index in [1.54, 1.807) is 4.68 Å². The molecule has 1 N–H and O–H groups in total. The van der Waals surface area contributed by atoms with Crippen LogP contribution in [0.2, 0.25) is 0 Å². The van der Waals surface area contributed by atoms with Crippen LogP contribution in [-0.4, -0.2) is 33.1 Å². The second-order valence-electron chi connectivity index (χ2n) is 4.89. The van der Waals surface area contributed by atoms with Crippen LogP contribution in [0.4, 0.5) is 6.01 Å². The first-order chi connectivity index (χ1) is 9.04. The number of rotatable bonds is 6. The lowest BCUT2D eigenvalue weighted by Gasteiger charge is -2.11. The molecular weight excluding hydrogens is 244 g/mol. The molecule has 104 valence electrons. The first-order valence-electron chi connectivity index (χ1n) is 6.29. The molecule has 2 aromatic heterocycles. The number of nitrogens with zero attached hydrogens (tertiary/aromatic N) is 5. The Hall–Kier alpha value is -1.89. The van der Waals surface area contributed by atoms with Gasteiger partial charge in [-0.2, -0.15) is 5.10 Å². The maximum absolute atomic E-state index is 5.59. The fraction of sp³-hybridized carbons (Fsp3) is 0.583. The molecule has 0 saturated heterocycles. The highest BCUT2D eigenvalue weighted by Gasteiger charge is 2.11. The van der Waals surface area contributed by atoms with Crippen LogP contribution in [0.3, 0.4) is 0 Å². The maximum Gasteiger partial charge on any atom is 0.318 e. The molecule has 0 aromatic carbocycles. The minimum atomic E-state index is 0.392. The van der Waals surface area contributed by atoms with E-state index in [9.17, 15) is 0 Å². The molecule has 0 saturated carbocycles. The van der Waals surface area contributed by atoms with E-state index >= 15 is 0 Å². The van der Waals surface area contributed by atoms with Gasteiger partial charge in [0.15, 0.2) is 0 Å². The van der Waals surface area contributed by atoms with Gasteiger partial charge in [-0.15, -0.1) is 5.10 Å². The molecule has 0 spiro atoms. The smallest absolute Gasteiger partial charge is 0.318 e. The fourth-order valence-corrected chi connectivity index (χ4v) is 1.66. The van der Waals surface area contributed by atoms with Gasteiger partial charge in [0.05, 0.1) is 19.3 Å². The minimum Gasteiger partial charge on any atom is -0.407 e. The van der Waals surface area contributed by atoms with Crippen molar-refractivity contribution >= 4 is 6.01 Å². The van der Waals surface area contributed by atoms with E-state index in [-0.39, 0.29) is 0 Å². The molecule has 0 bridgehead atoms. The highest BCUT2D eigenvalue weighted by molar-refractivity contribution is 5.24. The van der Waals surface area contributed by atoms with Gasteiger partial charge in [-0.1, -0.05) is 18.9 Å². The maximum atomic E-state index is 5.59. The number of hydrogen-bond donors (Lipinski definition) is 1. The molecule has 0 aliphatic rings. The largest absolute Gasteiger partial charge is 0.407 e. The summed E-state index contributed by atoms with van der Waals surface area (Å²) in [4.78, 5) is 1.91. The van der Waals surface area contributed by atoms with E-state index in [0.29, 0.717) is 31.0 Å². The molecule has 0 aliphatic heterocycles. The Morgan fingerprint density at radius 1 is 1.42 bits per heavy atom. The molecule has 19 heavy (non-hydrogen) atoms. The van der Waals surface area contributed by atoms with Crippen molar-refractivity contribution in [2.75, 3.05) is 11.9 Å². The average molecular weight is 264 g/mol. The molecule has 2 rings (SSSR count). The van der Waals surface area contributed by atoms with Gasteiger partial charge < -0.3 is 14.6 Å². The van der Waals surface area contributed by atoms with Gasteiger partial charge in [-0.3, -0.25) is 4.68 Å². The van der Waals surface area contributed by atoms with Crippen LogP contribution in [0.5, 0.6) is 0 Å². The zero-order valence-corrected chi connectivity index (χ0v) is 11.8. The molecule has 2 heterocycles. The fourth-order valence-electron chi connectivity index (χ4n) is 1.66. The Labute approximate surface area is 112 Å². The third-order valence-corrected chi connectivity index (χ3v) is 2.62. The van der Waals surface area contributed by atoms with E-state index in [0.717, 1.165) is 5.56 Å². The molecule has 0 amide bonds. The van der Waals surface area contributed by atoms with E-state index in [2.05, 4.69) is 34.5 Å². The number of anilines is 1. The van der Waals surface area contributed by atoms with Crippen molar-refractivity contribution in [3.63, 3.8) is 0 Å². The predicted molar refractivity (Wildman–Crippen MR) is 71.6 cm³/mol. The number of nitrogens with one attached hydrogen (secondary N) is 1. The Balaban J connectivity index is 1.94. The molecular formula is C12H20N6O. The van der Waals surface area contributed by atoms with Crippen molar-refractivity contribution in [3.05, 3.63) is 23.8 Å². The molecule has 0 atom stereocenters. The summed E-state index contributed by atoms with van der Waals surface area (Å²) in [6, 6.07) is 0.910. The molecule has 2 aromatic rings. The zero-order valence-electron chi connectivity index (χ0n) is 11.8. The van der Waals surface area contributed by atoms with Gasteiger partial charge in [0.2, 0.25) is 5.89 Å². The van der Waals surface area contributed by atoms with Crippen molar-refractivity contribution in [3.8, 4) is 0 Å². The van der Waals surface area contributed by atoms with E-state index < -0.39 is 0 Å². The van der Waals surface area contributed by atoms with Crippen molar-refractivity contribution in [1.29, 1.82) is 0 Å². The van der Waals surface area contributed by atoms with Gasteiger partial charge in [0.1, 0.15) is 0 Å². The van der Waals surface area contributed by atoms with Gasteiger partial charge in [-0.05, 0) is 0 Å². The van der Waals surface area contributed by atoms with Gasteiger partial charge >= 0.3 is 6.01 Å². The van der Waals surface area contributed by atoms with Crippen LogP contribution in [-0.2, 0) is 20.1 Å². The molecule has 0 unspecified atom stereocenters. The van der Waals surface area contributed by atoms with Gasteiger partial charge in [0, 0.05) is 31.9 Å². The Kier molecular flexibility index (Phi) is 4.16. The Morgan fingerprint density at radius 2 is 2.21 bits per heavy atom. The van der Waals surface area contributed by atoms with Crippen LogP contribution < -0.4 is 10.2 Å². The minimum absolute atomic E-state index is 0.392. The molecule has 0 fully saturated rings. The highest BCUT2D eigenvalue weighted by Crippen LogP contribution is 2.13. The van der Waals surface area contributed by atoms with Crippen molar-refractivity contribution < 1.29 is 4.42 Å². The second-order valence-corrected chi connectivity index (χ2v) is 4.89. The highest BCUT2D eigenvalue weighted by atomic mass is 16.4. The standard InChI is InChI=1S/C12H20N6O/c1-9(2)13-6-11-15-16-12(19-11)17(3)7-10-5-14-18(4)8-10/h5,8-9,13H,6-7H2,1-4H3. The summed E-state index contributed by atoms with van der Waals surface area (Å²) in [7, 11) is 3.81. The summed E-state index contributed by atoms with van der Waals surface area (Å²) in [5.41, 5.74) is 1.10. The van der Waals surface area contributed by atoms with Crippen molar-refractivity contribution in [2.24, 2.45) is 7.05 Å². The second kappa shape index (κ2) is 5.83. The quantitative estimate of drug-likeness (QED) is 0.837. The molecule has 7 nitrogen and oxygen atoms in total. The van der Waals surface area contributed by atoms with Crippen LogP contribution in [0.1, 0.15) is 25.3 Å². The predicted octanol–water partition coefficient (Wildman–Crippen LogP) is 0.937. The number of aryl methyl sites for hydroxylation is 1. The lowest BCUT2D eigenvalue weighted by molar-refractivity contribution is 0.449. The first-order valence-corrected chi connectivity index (χ1v) is 6.29. The van der Waals surface area contributed by atoms with Crippen LogP contribution in [0.25, 0.3) is 0 Å². The summed E-state index contributed by atoms with van der Waals surface area (Å²) >= 11 is 0. The topological polar surface area (TPSA) is 72.0 Å². The first kappa shape index (κ1) is 13.5. The van der Waals surface area contributed by atoms with Crippen molar-refractivity contribution in [2.45, 2.75) is 33.0 Å². The van der Waals surface area contributed by atoms with E-state index in [1.807, 2.05) is 31.4 Å². The van der Waals surface area contributed by atoms with Crippen LogP contribution >= 0.6 is 0 Å². The van der Waals surface area contributed by atoms with E-state index in [1.165, 1.54) is 0 Å². The monoisotopic (exact) mass is 264 g/mol. The van der Waals surface area contributed by atoms with Crippen molar-refractivity contribution in [1.82, 2.24) is 25.3 Å². The summed E-state index contributed by atoms with van der Waals surface area (Å²) in [6.07, 6.45) is 3.79. The molecule has 0 radical (unpaired) electrons. The van der Waals surface area contributed by atoms with E-state index in [4.69, 9.17) is 4.42 Å². The normalized spacial score (nSPS) is 11.2. The lowest BCUT2D eigenvalue weighted by Crippen LogP contribution is -2.22. The average Bonchev–Trinajstić information content (AvgIpc) is 2.95. The lowest BCUT2D eigenvalue weighted by atomic mass is 10.3. The molecule has 0 aliphatic carbocycles. The van der Waals surface area contributed by atoms with Crippen LogP contribution in [0.15, 0.2) is 16.8 Å². The summed E-state index contributed by atoms with van der Waals surface area (Å²) < 4.78 is 7.36. The van der Waals surface area contributed by atoms with Gasteiger partial charge in [-0.25, -0.2) is 0 Å². The number of aromatic nitrogens is 4. The Bertz CT molecular complexity index is 518. The zero-order chi connectivity index (χ0) is 13.8.